The van der Waals surface area contributed by atoms with Crippen molar-refractivity contribution in [3.63, 3.8) is 0 Å². The van der Waals surface area contributed by atoms with Gasteiger partial charge in [-0.25, -0.2) is 0 Å². The van der Waals surface area contributed by atoms with E-state index in [2.05, 4.69) is 16.7 Å². The van der Waals surface area contributed by atoms with Crippen LogP contribution in [0.15, 0.2) is 53.4 Å². The molecule has 1 aliphatic heterocycles. The molecule has 3 aromatic rings. The van der Waals surface area contributed by atoms with Crippen molar-refractivity contribution in [2.24, 2.45) is 0 Å². The van der Waals surface area contributed by atoms with Crippen molar-refractivity contribution in [3.8, 4) is 6.07 Å². The van der Waals surface area contributed by atoms with Gasteiger partial charge in [0.15, 0.2) is 0 Å². The lowest BCUT2D eigenvalue weighted by Gasteiger charge is -2.25. The molecule has 0 fully saturated rings. The first kappa shape index (κ1) is 27.8. The summed E-state index contributed by atoms with van der Waals surface area (Å²) in [5, 5.41) is 26.3. The number of anilines is 2. The summed E-state index contributed by atoms with van der Waals surface area (Å²) >= 11 is 2.68. The van der Waals surface area contributed by atoms with Crippen LogP contribution in [-0.2, 0) is 22.6 Å². The predicted octanol–water partition coefficient (Wildman–Crippen LogP) is 5.19. The summed E-state index contributed by atoms with van der Waals surface area (Å²) in [5.74, 6) is -0.668. The van der Waals surface area contributed by atoms with Crippen molar-refractivity contribution in [1.29, 1.82) is 5.26 Å². The first-order valence-electron chi connectivity index (χ1n) is 12.1. The zero-order valence-corrected chi connectivity index (χ0v) is 22.9. The molecule has 1 aromatic heterocycles. The molecule has 10 nitrogen and oxygen atoms in total. The van der Waals surface area contributed by atoms with Crippen LogP contribution in [0.1, 0.15) is 46.6 Å². The molecule has 39 heavy (non-hydrogen) atoms. The fraction of sp³-hybridized carbons (Fsp3) is 0.259. The Labute approximate surface area is 233 Å². The van der Waals surface area contributed by atoms with Crippen molar-refractivity contribution in [3.05, 3.63) is 80.2 Å². The van der Waals surface area contributed by atoms with Gasteiger partial charge in [-0.3, -0.25) is 24.5 Å². The highest BCUT2D eigenvalue weighted by atomic mass is 32.2. The second kappa shape index (κ2) is 12.1. The minimum absolute atomic E-state index is 0.0215. The van der Waals surface area contributed by atoms with Gasteiger partial charge in [0.2, 0.25) is 11.8 Å². The molecule has 3 amide bonds. The lowest BCUT2D eigenvalue weighted by atomic mass is 10.0. The summed E-state index contributed by atoms with van der Waals surface area (Å²) < 4.78 is 0. The van der Waals surface area contributed by atoms with Crippen LogP contribution in [0.2, 0.25) is 0 Å². The summed E-state index contributed by atoms with van der Waals surface area (Å²) in [7, 11) is 0. The standard InChI is InChI=1S/C27H25N5O5S2/c1-3-23(26(35)30-27-22(14-28)21-11-12-31(16(2)33)15-24(21)39-27)38-20-6-4-5-18(13-20)29-25(34)17-7-9-19(10-8-17)32(36)37/h4-10,13,23H,3,11-12,15H2,1-2H3,(H,29,34)(H,30,35). The number of nitrogens with one attached hydrogen (secondary N) is 2. The smallest absolute Gasteiger partial charge is 0.269 e. The van der Waals surface area contributed by atoms with E-state index in [-0.39, 0.29) is 23.1 Å². The fourth-order valence-corrected chi connectivity index (χ4v) is 6.37. The third-order valence-corrected chi connectivity index (χ3v) is 8.71. The number of nitrogens with zero attached hydrogens (tertiary/aromatic N) is 3. The monoisotopic (exact) mass is 563 g/mol. The third-order valence-electron chi connectivity index (χ3n) is 6.22. The number of non-ortho nitro benzene ring substituents is 1. The number of nitriles is 1. The third kappa shape index (κ3) is 6.45. The summed E-state index contributed by atoms with van der Waals surface area (Å²) in [6.45, 7) is 4.40. The van der Waals surface area contributed by atoms with Crippen LogP contribution < -0.4 is 10.6 Å². The Morgan fingerprint density at radius 1 is 1.21 bits per heavy atom. The van der Waals surface area contributed by atoms with Crippen LogP contribution in [-0.4, -0.2) is 39.3 Å². The average molecular weight is 564 g/mol. The van der Waals surface area contributed by atoms with Crippen LogP contribution >= 0.6 is 23.1 Å². The first-order chi connectivity index (χ1) is 18.7. The molecule has 2 heterocycles. The van der Waals surface area contributed by atoms with E-state index < -0.39 is 16.1 Å². The fourth-order valence-electron chi connectivity index (χ4n) is 4.14. The minimum Gasteiger partial charge on any atom is -0.337 e. The number of carbonyl (C=O) groups excluding carboxylic acids is 3. The molecule has 2 aromatic carbocycles. The van der Waals surface area contributed by atoms with Gasteiger partial charge in [-0.05, 0) is 48.7 Å². The van der Waals surface area contributed by atoms with Crippen molar-refractivity contribution >= 4 is 57.2 Å². The van der Waals surface area contributed by atoms with E-state index in [0.29, 0.717) is 42.2 Å². The molecule has 1 atom stereocenters. The molecule has 0 saturated carbocycles. The summed E-state index contributed by atoms with van der Waals surface area (Å²) in [5.41, 5.74) is 2.06. The molecule has 2 N–H and O–H groups in total. The quantitative estimate of drug-likeness (QED) is 0.218. The van der Waals surface area contributed by atoms with Crippen LogP contribution in [0.3, 0.4) is 0 Å². The molecule has 0 aliphatic carbocycles. The first-order valence-corrected chi connectivity index (χ1v) is 13.8. The van der Waals surface area contributed by atoms with E-state index in [1.165, 1.54) is 54.3 Å². The van der Waals surface area contributed by atoms with Crippen molar-refractivity contribution in [2.75, 3.05) is 17.2 Å². The molecule has 12 heteroatoms. The van der Waals surface area contributed by atoms with Gasteiger partial charge in [0.1, 0.15) is 11.1 Å². The second-order valence-corrected chi connectivity index (χ2v) is 11.2. The maximum atomic E-state index is 13.2. The van der Waals surface area contributed by atoms with Crippen LogP contribution in [0, 0.1) is 21.4 Å². The van der Waals surface area contributed by atoms with Gasteiger partial charge in [0, 0.05) is 46.6 Å². The Morgan fingerprint density at radius 3 is 2.59 bits per heavy atom. The maximum absolute atomic E-state index is 13.2. The summed E-state index contributed by atoms with van der Waals surface area (Å²) in [6, 6.07) is 14.6. The second-order valence-electron chi connectivity index (χ2n) is 8.80. The Hall–Kier alpha value is -4.21. The molecule has 0 radical (unpaired) electrons. The van der Waals surface area contributed by atoms with E-state index >= 15 is 0 Å². The van der Waals surface area contributed by atoms with Gasteiger partial charge in [-0.15, -0.1) is 23.1 Å². The molecule has 0 spiro atoms. The zero-order valence-electron chi connectivity index (χ0n) is 21.2. The van der Waals surface area contributed by atoms with Crippen LogP contribution in [0.4, 0.5) is 16.4 Å². The van der Waals surface area contributed by atoms with Gasteiger partial charge in [-0.1, -0.05) is 13.0 Å². The average Bonchev–Trinajstić information content (AvgIpc) is 3.27. The Balaban J connectivity index is 1.43. The van der Waals surface area contributed by atoms with Crippen molar-refractivity contribution in [2.45, 2.75) is 43.4 Å². The summed E-state index contributed by atoms with van der Waals surface area (Å²) in [6.07, 6.45) is 1.11. The summed E-state index contributed by atoms with van der Waals surface area (Å²) in [4.78, 5) is 51.3. The van der Waals surface area contributed by atoms with Crippen LogP contribution in [0.25, 0.3) is 0 Å². The molecule has 200 valence electrons. The molecule has 1 aliphatic rings. The molecule has 1 unspecified atom stereocenters. The minimum atomic E-state index is -0.529. The maximum Gasteiger partial charge on any atom is 0.269 e. The molecule has 0 saturated heterocycles. The van der Waals surface area contributed by atoms with E-state index in [9.17, 15) is 29.8 Å². The van der Waals surface area contributed by atoms with Crippen molar-refractivity contribution < 1.29 is 19.3 Å². The van der Waals surface area contributed by atoms with Gasteiger partial charge in [-0.2, -0.15) is 5.26 Å². The largest absolute Gasteiger partial charge is 0.337 e. The molecular formula is C27H25N5O5S2. The molecular weight excluding hydrogens is 538 g/mol. The van der Waals surface area contributed by atoms with E-state index in [1.807, 2.05) is 13.0 Å². The lowest BCUT2D eigenvalue weighted by molar-refractivity contribution is -0.384. The van der Waals surface area contributed by atoms with Gasteiger partial charge >= 0.3 is 0 Å². The number of benzene rings is 2. The number of thiophene rings is 1. The Kier molecular flexibility index (Phi) is 8.63. The highest BCUT2D eigenvalue weighted by molar-refractivity contribution is 8.00. The van der Waals surface area contributed by atoms with Crippen LogP contribution in [0.5, 0.6) is 0 Å². The van der Waals surface area contributed by atoms with E-state index in [4.69, 9.17) is 0 Å². The highest BCUT2D eigenvalue weighted by Crippen LogP contribution is 2.37. The number of nitro benzene ring substituents is 1. The van der Waals surface area contributed by atoms with Gasteiger partial charge < -0.3 is 15.5 Å². The lowest BCUT2D eigenvalue weighted by Crippen LogP contribution is -2.33. The number of nitro groups is 1. The van der Waals surface area contributed by atoms with E-state index in [0.717, 1.165) is 15.3 Å². The number of thioether (sulfide) groups is 1. The topological polar surface area (TPSA) is 145 Å². The normalized spacial score (nSPS) is 13.1. The molecule has 4 rings (SSSR count). The number of fused-ring (bicyclic) bond motifs is 1. The number of amides is 3. The number of hydrogen-bond donors (Lipinski definition) is 2. The van der Waals surface area contributed by atoms with E-state index in [1.54, 1.807) is 23.1 Å². The van der Waals surface area contributed by atoms with Gasteiger partial charge in [0.25, 0.3) is 11.6 Å². The van der Waals surface area contributed by atoms with Gasteiger partial charge in [0.05, 0.1) is 22.3 Å². The number of rotatable bonds is 8. The van der Waals surface area contributed by atoms with Crippen molar-refractivity contribution in [1.82, 2.24) is 4.90 Å². The highest BCUT2D eigenvalue weighted by Gasteiger charge is 2.28. The zero-order chi connectivity index (χ0) is 28.1. The Morgan fingerprint density at radius 2 is 1.95 bits per heavy atom. The Bertz CT molecular complexity index is 1480. The number of hydrogen-bond acceptors (Lipinski definition) is 8. The number of carbonyl (C=O) groups is 3. The SMILES string of the molecule is CCC(Sc1cccc(NC(=O)c2ccc([N+](=O)[O-])cc2)c1)C(=O)Nc1sc2c(c1C#N)CCN(C(C)=O)C2. The predicted molar refractivity (Wildman–Crippen MR) is 150 cm³/mol. The molecule has 0 bridgehead atoms.